The van der Waals surface area contributed by atoms with E-state index in [2.05, 4.69) is 15.5 Å². The minimum Gasteiger partial charge on any atom is -0.353 e. The fourth-order valence-electron chi connectivity index (χ4n) is 5.54. The maximum Gasteiger partial charge on any atom is 0.416 e. The number of alkyl halides is 6. The highest BCUT2D eigenvalue weighted by atomic mass is 35.5. The Kier molecular flexibility index (Phi) is 9.91. The predicted molar refractivity (Wildman–Crippen MR) is 165 cm³/mol. The summed E-state index contributed by atoms with van der Waals surface area (Å²) in [6.07, 6.45) is -7.74. The topological polar surface area (TPSA) is 92.3 Å². The van der Waals surface area contributed by atoms with Crippen molar-refractivity contribution >= 4 is 17.4 Å². The molecule has 3 heterocycles. The van der Waals surface area contributed by atoms with E-state index in [1.165, 1.54) is 6.07 Å². The molecule has 1 atom stereocenters. The van der Waals surface area contributed by atoms with Gasteiger partial charge in [0, 0.05) is 24.2 Å². The first kappa shape index (κ1) is 34.3. The minimum absolute atomic E-state index is 0.00363. The molecule has 1 aliphatic rings. The van der Waals surface area contributed by atoms with Crippen LogP contribution in [0.1, 0.15) is 57.6 Å². The molecule has 6 rings (SSSR count). The lowest BCUT2D eigenvalue weighted by Crippen LogP contribution is -2.23. The second kappa shape index (κ2) is 14.1. The van der Waals surface area contributed by atoms with Crippen molar-refractivity contribution in [2.45, 2.75) is 50.9 Å². The molecule has 0 N–H and O–H groups in total. The molecule has 1 fully saturated rings. The molecule has 8 nitrogen and oxygen atoms in total. The van der Waals surface area contributed by atoms with Crippen LogP contribution < -0.4 is 0 Å². The smallest absolute Gasteiger partial charge is 0.353 e. The third kappa shape index (κ3) is 7.71. The van der Waals surface area contributed by atoms with Gasteiger partial charge in [-0.3, -0.25) is 4.79 Å². The van der Waals surface area contributed by atoms with E-state index in [4.69, 9.17) is 25.6 Å². The number of carbonyl (C=O) groups excluding carboxylic acids is 1. The summed E-state index contributed by atoms with van der Waals surface area (Å²) in [4.78, 5) is 14.1. The zero-order valence-corrected chi connectivity index (χ0v) is 26.3. The number of hydrogen-bond donors (Lipinski definition) is 0. The van der Waals surface area contributed by atoms with E-state index < -0.39 is 42.1 Å². The average molecular weight is 705 g/mol. The lowest BCUT2D eigenvalue weighted by atomic mass is 9.97. The number of halogens is 7. The van der Waals surface area contributed by atoms with Gasteiger partial charge < -0.3 is 14.0 Å². The van der Waals surface area contributed by atoms with Crippen molar-refractivity contribution in [3.8, 4) is 22.7 Å². The number of aromatic nitrogens is 4. The van der Waals surface area contributed by atoms with Crippen LogP contribution in [0.4, 0.5) is 26.3 Å². The van der Waals surface area contributed by atoms with Crippen molar-refractivity contribution in [2.75, 3.05) is 13.2 Å². The number of hydrogen-bond acceptors (Lipinski definition) is 7. The Hall–Kier alpha value is -4.53. The molecule has 0 bridgehead atoms. The molecule has 5 aromatic rings. The standard InChI is InChI=1S/C34H27ClF6N4O4/c35-25-11-5-4-10-24(25)31(46)28-26(13-15-48-27-12-6-7-14-47-27)43-49-32(28)29-30(21-8-2-1-3-9-21)45(44-42-29)19-20-16-22(33(36,37)38)18-23(17-20)34(39,40)41/h1-5,8-11,16-18,27H,6-7,12-15,19H2. The molecule has 1 unspecified atom stereocenters. The molecule has 0 amide bonds. The highest BCUT2D eigenvalue weighted by molar-refractivity contribution is 6.35. The van der Waals surface area contributed by atoms with Gasteiger partial charge in [-0.25, -0.2) is 4.68 Å². The molecular weight excluding hydrogens is 678 g/mol. The summed E-state index contributed by atoms with van der Waals surface area (Å²) in [5.74, 6) is -0.661. The van der Waals surface area contributed by atoms with Crippen LogP contribution in [-0.4, -0.2) is 45.4 Å². The highest BCUT2D eigenvalue weighted by Gasteiger charge is 2.37. The summed E-state index contributed by atoms with van der Waals surface area (Å²) in [6.45, 7) is 0.175. The van der Waals surface area contributed by atoms with Gasteiger partial charge in [0.1, 0.15) is 5.69 Å². The van der Waals surface area contributed by atoms with Crippen LogP contribution in [0.15, 0.2) is 77.3 Å². The maximum absolute atomic E-state index is 14.1. The predicted octanol–water partition coefficient (Wildman–Crippen LogP) is 8.66. The fourth-order valence-corrected chi connectivity index (χ4v) is 5.76. The average Bonchev–Trinajstić information content (AvgIpc) is 3.68. The van der Waals surface area contributed by atoms with Gasteiger partial charge in [0.05, 0.1) is 40.6 Å². The summed E-state index contributed by atoms with van der Waals surface area (Å²) in [7, 11) is 0. The van der Waals surface area contributed by atoms with E-state index in [-0.39, 0.29) is 63.6 Å². The number of nitrogens with zero attached hydrogens (tertiary/aromatic N) is 4. The normalized spacial score (nSPS) is 15.4. The van der Waals surface area contributed by atoms with Crippen molar-refractivity contribution in [1.29, 1.82) is 0 Å². The van der Waals surface area contributed by atoms with Crippen molar-refractivity contribution in [3.63, 3.8) is 0 Å². The van der Waals surface area contributed by atoms with Crippen LogP contribution >= 0.6 is 11.6 Å². The Morgan fingerprint density at radius 2 is 1.63 bits per heavy atom. The second-order valence-electron chi connectivity index (χ2n) is 11.3. The molecule has 3 aromatic carbocycles. The van der Waals surface area contributed by atoms with Gasteiger partial charge in [0.25, 0.3) is 0 Å². The van der Waals surface area contributed by atoms with E-state index in [9.17, 15) is 31.1 Å². The molecule has 0 aliphatic carbocycles. The molecule has 1 aliphatic heterocycles. The third-order valence-electron chi connectivity index (χ3n) is 7.87. The summed E-state index contributed by atoms with van der Waals surface area (Å²) in [5.41, 5.74) is -2.31. The summed E-state index contributed by atoms with van der Waals surface area (Å²) >= 11 is 6.40. The van der Waals surface area contributed by atoms with Gasteiger partial charge in [0.15, 0.2) is 17.8 Å². The second-order valence-corrected chi connectivity index (χ2v) is 11.7. The highest BCUT2D eigenvalue weighted by Crippen LogP contribution is 2.39. The fraction of sp³-hybridized carbons (Fsp3) is 0.294. The van der Waals surface area contributed by atoms with Crippen LogP contribution in [0.3, 0.4) is 0 Å². The lowest BCUT2D eigenvalue weighted by Gasteiger charge is -2.22. The molecule has 1 saturated heterocycles. The molecule has 49 heavy (non-hydrogen) atoms. The molecule has 2 aromatic heterocycles. The van der Waals surface area contributed by atoms with E-state index in [1.54, 1.807) is 48.5 Å². The number of ketones is 1. The van der Waals surface area contributed by atoms with E-state index >= 15 is 0 Å². The van der Waals surface area contributed by atoms with Crippen LogP contribution in [0, 0.1) is 0 Å². The Morgan fingerprint density at radius 3 is 2.29 bits per heavy atom. The van der Waals surface area contributed by atoms with Crippen LogP contribution in [0.2, 0.25) is 5.02 Å². The van der Waals surface area contributed by atoms with Gasteiger partial charge >= 0.3 is 12.4 Å². The molecule has 256 valence electrons. The molecule has 0 radical (unpaired) electrons. The largest absolute Gasteiger partial charge is 0.416 e. The van der Waals surface area contributed by atoms with Gasteiger partial charge in [-0.15, -0.1) is 5.10 Å². The first-order valence-electron chi connectivity index (χ1n) is 15.2. The van der Waals surface area contributed by atoms with E-state index in [1.807, 2.05) is 0 Å². The zero-order valence-electron chi connectivity index (χ0n) is 25.5. The van der Waals surface area contributed by atoms with Gasteiger partial charge in [-0.1, -0.05) is 64.4 Å². The van der Waals surface area contributed by atoms with Crippen molar-refractivity contribution in [3.05, 3.63) is 111 Å². The Morgan fingerprint density at radius 1 is 0.939 bits per heavy atom. The van der Waals surface area contributed by atoms with E-state index in [0.717, 1.165) is 23.9 Å². The van der Waals surface area contributed by atoms with Crippen LogP contribution in [-0.2, 0) is 34.8 Å². The number of rotatable bonds is 10. The van der Waals surface area contributed by atoms with Gasteiger partial charge in [-0.05, 0) is 55.2 Å². The van der Waals surface area contributed by atoms with Crippen molar-refractivity contribution < 1.29 is 45.1 Å². The monoisotopic (exact) mass is 704 g/mol. The molecule has 15 heteroatoms. The minimum atomic E-state index is -5.04. The quantitative estimate of drug-likeness (QED) is 0.106. The maximum atomic E-state index is 14.1. The Balaban J connectivity index is 1.45. The molecule has 0 spiro atoms. The van der Waals surface area contributed by atoms with Crippen LogP contribution in [0.25, 0.3) is 22.7 Å². The lowest BCUT2D eigenvalue weighted by molar-refractivity contribution is -0.161. The van der Waals surface area contributed by atoms with Crippen LogP contribution in [0.5, 0.6) is 0 Å². The SMILES string of the molecule is O=C(c1ccccc1Cl)c1c(CCOC2CCCCO2)noc1-c1nnn(Cc2cc(C(F)(F)F)cc(C(F)(F)F)c2)c1-c1ccccc1. The third-order valence-corrected chi connectivity index (χ3v) is 8.20. The number of benzene rings is 3. The zero-order chi connectivity index (χ0) is 34.8. The Labute approximate surface area is 280 Å². The summed E-state index contributed by atoms with van der Waals surface area (Å²) in [6, 6.07) is 16.0. The van der Waals surface area contributed by atoms with E-state index in [0.29, 0.717) is 24.3 Å². The van der Waals surface area contributed by atoms with Crippen molar-refractivity contribution in [1.82, 2.24) is 20.2 Å². The number of ether oxygens (including phenoxy) is 2. The molecule has 0 saturated carbocycles. The van der Waals surface area contributed by atoms with Gasteiger partial charge in [-0.2, -0.15) is 26.3 Å². The number of carbonyl (C=O) groups is 1. The van der Waals surface area contributed by atoms with Gasteiger partial charge in [0.2, 0.25) is 5.76 Å². The summed E-state index contributed by atoms with van der Waals surface area (Å²) in [5, 5.41) is 12.7. The first-order valence-corrected chi connectivity index (χ1v) is 15.6. The first-order chi connectivity index (χ1) is 23.4. The Bertz CT molecular complexity index is 1900. The summed E-state index contributed by atoms with van der Waals surface area (Å²) < 4.78 is 100. The van der Waals surface area contributed by atoms with Crippen molar-refractivity contribution in [2.24, 2.45) is 0 Å². The molecular formula is C34H27ClF6N4O4.